The average molecular weight is 369 g/mol. The number of hydrogen-bond acceptors (Lipinski definition) is 2. The van der Waals surface area contributed by atoms with Crippen LogP contribution in [0.2, 0.25) is 0 Å². The quantitative estimate of drug-likeness (QED) is 0.425. The molecular formula is C13H23Br2NO. The van der Waals surface area contributed by atoms with Crippen LogP contribution < -0.4 is 0 Å². The summed E-state index contributed by atoms with van der Waals surface area (Å²) in [4.78, 5) is 12.4. The van der Waals surface area contributed by atoms with Crippen molar-refractivity contribution in [1.29, 1.82) is 0 Å². The highest BCUT2D eigenvalue weighted by Gasteiger charge is 2.60. The summed E-state index contributed by atoms with van der Waals surface area (Å²) in [6.45, 7) is 4.88. The molecule has 0 bridgehead atoms. The number of halogens is 2. The van der Waals surface area contributed by atoms with Gasteiger partial charge in [0.2, 0.25) is 0 Å². The van der Waals surface area contributed by atoms with Crippen LogP contribution in [0.4, 0.5) is 0 Å². The minimum atomic E-state index is 0.163. The van der Waals surface area contributed by atoms with E-state index in [0.717, 1.165) is 19.1 Å². The van der Waals surface area contributed by atoms with Gasteiger partial charge >= 0.3 is 0 Å². The molecule has 1 aliphatic carbocycles. The monoisotopic (exact) mass is 367 g/mol. The molecule has 1 unspecified atom stereocenters. The molecule has 4 heteroatoms. The van der Waals surface area contributed by atoms with E-state index in [1.165, 1.54) is 32.4 Å². The van der Waals surface area contributed by atoms with Gasteiger partial charge in [-0.1, -0.05) is 38.8 Å². The Kier molecular flexibility index (Phi) is 6.14. The Labute approximate surface area is 122 Å². The second kappa shape index (κ2) is 6.67. The van der Waals surface area contributed by atoms with Gasteiger partial charge < -0.3 is 9.69 Å². The molecule has 1 saturated carbocycles. The van der Waals surface area contributed by atoms with Gasteiger partial charge in [-0.3, -0.25) is 0 Å². The van der Waals surface area contributed by atoms with Gasteiger partial charge in [0.1, 0.15) is 6.29 Å². The number of carbonyl (C=O) groups excluding carboxylic acids is 1. The van der Waals surface area contributed by atoms with Crippen molar-refractivity contribution < 1.29 is 4.79 Å². The first-order valence-corrected chi connectivity index (χ1v) is 8.00. The van der Waals surface area contributed by atoms with Crippen LogP contribution in [0.25, 0.3) is 0 Å². The molecular weight excluding hydrogens is 346 g/mol. The molecule has 1 saturated heterocycles. The molecule has 17 heavy (non-hydrogen) atoms. The number of rotatable bonds is 4. The lowest BCUT2D eigenvalue weighted by Gasteiger charge is -2.10. The maximum atomic E-state index is 10.0. The molecule has 2 rings (SSSR count). The largest absolute Gasteiger partial charge is 0.306 e. The maximum absolute atomic E-state index is 10.0. The van der Waals surface area contributed by atoms with Crippen molar-refractivity contribution in [3.05, 3.63) is 0 Å². The standard InChI is InChI=1S/C8H12Br2O.C5H11N/c1-7(4-2-3-5-11)6-8(7,9)10;1-6-4-2-3-5-6/h5H,2-4,6H2,1H3;2-5H2,1H3. The summed E-state index contributed by atoms with van der Waals surface area (Å²) in [5, 5.41) is 0. The van der Waals surface area contributed by atoms with E-state index in [1.807, 2.05) is 0 Å². The van der Waals surface area contributed by atoms with Crippen molar-refractivity contribution in [2.24, 2.45) is 5.41 Å². The Morgan fingerprint density at radius 3 is 2.12 bits per heavy atom. The van der Waals surface area contributed by atoms with Crippen LogP contribution in [0.5, 0.6) is 0 Å². The lowest BCUT2D eigenvalue weighted by Crippen LogP contribution is -2.10. The summed E-state index contributed by atoms with van der Waals surface area (Å²) >= 11 is 7.18. The summed E-state index contributed by atoms with van der Waals surface area (Å²) in [5.41, 5.74) is 0.371. The van der Waals surface area contributed by atoms with Gasteiger partial charge in [0.25, 0.3) is 0 Å². The minimum Gasteiger partial charge on any atom is -0.306 e. The topological polar surface area (TPSA) is 20.3 Å². The van der Waals surface area contributed by atoms with Crippen LogP contribution in [0.3, 0.4) is 0 Å². The third-order valence-electron chi connectivity index (χ3n) is 3.75. The first-order chi connectivity index (χ1) is 7.91. The van der Waals surface area contributed by atoms with E-state index < -0.39 is 0 Å². The van der Waals surface area contributed by atoms with Gasteiger partial charge in [0.15, 0.2) is 0 Å². The first kappa shape index (κ1) is 15.6. The van der Waals surface area contributed by atoms with E-state index in [9.17, 15) is 4.79 Å². The van der Waals surface area contributed by atoms with Crippen LogP contribution in [-0.2, 0) is 4.79 Å². The molecule has 0 aromatic carbocycles. The van der Waals surface area contributed by atoms with E-state index in [0.29, 0.717) is 11.8 Å². The number of unbranched alkanes of at least 4 members (excludes halogenated alkanes) is 1. The molecule has 1 atom stereocenters. The van der Waals surface area contributed by atoms with E-state index in [4.69, 9.17) is 0 Å². The predicted octanol–water partition coefficient (Wildman–Crippen LogP) is 3.96. The molecule has 1 aliphatic heterocycles. The normalized spacial score (nSPS) is 30.6. The van der Waals surface area contributed by atoms with Gasteiger partial charge in [-0.15, -0.1) is 0 Å². The molecule has 0 radical (unpaired) electrons. The average Bonchev–Trinajstić information content (AvgIpc) is 2.63. The zero-order valence-corrected chi connectivity index (χ0v) is 14.0. The van der Waals surface area contributed by atoms with Gasteiger partial charge in [-0.05, 0) is 57.7 Å². The number of aldehydes is 1. The summed E-state index contributed by atoms with van der Waals surface area (Å²) in [5.74, 6) is 0. The zero-order valence-electron chi connectivity index (χ0n) is 10.8. The van der Waals surface area contributed by atoms with Crippen LogP contribution in [0.15, 0.2) is 0 Å². The molecule has 0 N–H and O–H groups in total. The molecule has 0 spiro atoms. The Morgan fingerprint density at radius 2 is 1.82 bits per heavy atom. The van der Waals surface area contributed by atoms with Crippen LogP contribution in [0.1, 0.15) is 45.4 Å². The second-order valence-corrected chi connectivity index (χ2v) is 9.28. The van der Waals surface area contributed by atoms with E-state index >= 15 is 0 Å². The fourth-order valence-corrected chi connectivity index (χ4v) is 3.80. The second-order valence-electron chi connectivity index (χ2n) is 5.51. The van der Waals surface area contributed by atoms with Crippen molar-refractivity contribution >= 4 is 38.1 Å². The number of alkyl halides is 2. The Bertz CT molecular complexity index is 252. The smallest absolute Gasteiger partial charge is 0.119 e. The van der Waals surface area contributed by atoms with Crippen LogP contribution in [-0.4, -0.2) is 34.6 Å². The molecule has 0 aromatic heterocycles. The van der Waals surface area contributed by atoms with E-state index in [2.05, 4.69) is 50.7 Å². The van der Waals surface area contributed by atoms with Crippen molar-refractivity contribution in [2.45, 2.75) is 48.7 Å². The highest BCUT2D eigenvalue weighted by atomic mass is 79.9. The molecule has 2 nitrogen and oxygen atoms in total. The number of carbonyl (C=O) groups is 1. The van der Waals surface area contributed by atoms with Crippen LogP contribution >= 0.6 is 31.9 Å². The fourth-order valence-electron chi connectivity index (χ4n) is 2.17. The summed E-state index contributed by atoms with van der Waals surface area (Å²) in [6.07, 6.45) is 7.83. The molecule has 100 valence electrons. The first-order valence-electron chi connectivity index (χ1n) is 6.41. The third-order valence-corrected chi connectivity index (χ3v) is 6.23. The lowest BCUT2D eigenvalue weighted by atomic mass is 10.0. The van der Waals surface area contributed by atoms with Crippen molar-refractivity contribution in [1.82, 2.24) is 4.90 Å². The highest BCUT2D eigenvalue weighted by Crippen LogP contribution is 2.68. The lowest BCUT2D eigenvalue weighted by molar-refractivity contribution is -0.108. The van der Waals surface area contributed by atoms with Gasteiger partial charge in [0.05, 0.1) is 3.23 Å². The molecule has 2 aliphatic rings. The van der Waals surface area contributed by atoms with Crippen molar-refractivity contribution in [3.63, 3.8) is 0 Å². The van der Waals surface area contributed by atoms with Gasteiger partial charge in [-0.25, -0.2) is 0 Å². The van der Waals surface area contributed by atoms with Gasteiger partial charge in [-0.2, -0.15) is 0 Å². The molecule has 2 fully saturated rings. The van der Waals surface area contributed by atoms with E-state index in [-0.39, 0.29) is 3.23 Å². The van der Waals surface area contributed by atoms with Crippen LogP contribution in [0, 0.1) is 5.41 Å². The van der Waals surface area contributed by atoms with Crippen molar-refractivity contribution in [2.75, 3.05) is 20.1 Å². The Balaban J connectivity index is 0.000000202. The highest BCUT2D eigenvalue weighted by molar-refractivity contribution is 9.25. The summed E-state index contributed by atoms with van der Waals surface area (Å²) < 4.78 is 0.163. The molecule has 0 amide bonds. The fraction of sp³-hybridized carbons (Fsp3) is 0.923. The van der Waals surface area contributed by atoms with E-state index in [1.54, 1.807) is 0 Å². The summed E-state index contributed by atoms with van der Waals surface area (Å²) in [6, 6.07) is 0. The Hall–Kier alpha value is 0.590. The number of likely N-dealkylation sites (tertiary alicyclic amines) is 1. The minimum absolute atomic E-state index is 0.163. The Morgan fingerprint density at radius 1 is 1.29 bits per heavy atom. The number of nitrogens with zero attached hydrogens (tertiary/aromatic N) is 1. The predicted molar refractivity (Wildman–Crippen MR) is 80.0 cm³/mol. The summed E-state index contributed by atoms with van der Waals surface area (Å²) in [7, 11) is 2.17. The SMILES string of the molecule is CC1(CCCC=O)CC1(Br)Br.CN1CCCC1. The number of hydrogen-bond donors (Lipinski definition) is 0. The van der Waals surface area contributed by atoms with Gasteiger partial charge in [0, 0.05) is 6.42 Å². The molecule has 0 aromatic rings. The zero-order chi connectivity index (χ0) is 12.9. The third kappa shape index (κ3) is 4.99. The maximum Gasteiger partial charge on any atom is 0.119 e. The molecule has 1 heterocycles. The van der Waals surface area contributed by atoms with Crippen molar-refractivity contribution in [3.8, 4) is 0 Å².